The van der Waals surface area contributed by atoms with Gasteiger partial charge < -0.3 is 10.1 Å². The van der Waals surface area contributed by atoms with Crippen molar-refractivity contribution < 1.29 is 9.53 Å². The Labute approximate surface area is 133 Å². The first-order valence-electron chi connectivity index (χ1n) is 6.46. The fourth-order valence-electron chi connectivity index (χ4n) is 1.88. The summed E-state index contributed by atoms with van der Waals surface area (Å²) < 4.78 is 5.10. The zero-order chi connectivity index (χ0) is 15.2. The Kier molecular flexibility index (Phi) is 5.48. The molecule has 2 aromatic rings. The fourth-order valence-corrected chi connectivity index (χ4v) is 2.25. The highest BCUT2D eigenvalue weighted by Gasteiger charge is 2.10. The lowest BCUT2D eigenvalue weighted by atomic mass is 10.1. The van der Waals surface area contributed by atoms with Crippen LogP contribution in [0.3, 0.4) is 0 Å². The molecule has 3 nitrogen and oxygen atoms in total. The van der Waals surface area contributed by atoms with Gasteiger partial charge in [0.1, 0.15) is 5.75 Å². The van der Waals surface area contributed by atoms with Crippen molar-refractivity contribution in [2.24, 2.45) is 0 Å². The molecule has 1 N–H and O–H groups in total. The van der Waals surface area contributed by atoms with Gasteiger partial charge in [-0.25, -0.2) is 0 Å². The van der Waals surface area contributed by atoms with E-state index in [9.17, 15) is 4.79 Å². The van der Waals surface area contributed by atoms with Crippen LogP contribution in [0.15, 0.2) is 42.5 Å². The summed E-state index contributed by atoms with van der Waals surface area (Å²) in [5, 5.41) is 3.71. The second-order valence-corrected chi connectivity index (χ2v) is 5.32. The Morgan fingerprint density at radius 2 is 1.86 bits per heavy atom. The molecule has 0 heterocycles. The summed E-state index contributed by atoms with van der Waals surface area (Å²) in [7, 11) is 1.63. The van der Waals surface area contributed by atoms with Crippen LogP contribution >= 0.6 is 23.2 Å². The molecular formula is C16H15Cl2NO2. The Bertz CT molecular complexity index is 627. The predicted molar refractivity (Wildman–Crippen MR) is 85.5 cm³/mol. The molecule has 0 saturated carbocycles. The van der Waals surface area contributed by atoms with Crippen LogP contribution in [0.4, 0.5) is 0 Å². The Morgan fingerprint density at radius 1 is 1.14 bits per heavy atom. The Balaban J connectivity index is 1.90. The molecule has 0 saturated heterocycles. The van der Waals surface area contributed by atoms with Crippen LogP contribution in [-0.2, 0) is 6.42 Å². The summed E-state index contributed by atoms with van der Waals surface area (Å²) in [6, 6.07) is 12.6. The lowest BCUT2D eigenvalue weighted by Crippen LogP contribution is -2.25. The van der Waals surface area contributed by atoms with Crippen LogP contribution in [0.1, 0.15) is 15.9 Å². The maximum absolute atomic E-state index is 12.0. The average Bonchev–Trinajstić information content (AvgIpc) is 2.50. The minimum absolute atomic E-state index is 0.226. The van der Waals surface area contributed by atoms with Gasteiger partial charge >= 0.3 is 0 Å². The number of rotatable bonds is 5. The van der Waals surface area contributed by atoms with Crippen LogP contribution in [0, 0.1) is 0 Å². The van der Waals surface area contributed by atoms with Crippen molar-refractivity contribution in [1.29, 1.82) is 0 Å². The first-order chi connectivity index (χ1) is 10.1. The largest absolute Gasteiger partial charge is 0.497 e. The van der Waals surface area contributed by atoms with E-state index in [1.807, 2.05) is 24.3 Å². The number of hydrogen-bond donors (Lipinski definition) is 1. The minimum atomic E-state index is -0.226. The number of hydrogen-bond acceptors (Lipinski definition) is 2. The molecule has 21 heavy (non-hydrogen) atoms. The molecule has 1 amide bonds. The average molecular weight is 324 g/mol. The Hall–Kier alpha value is -1.71. The molecule has 0 bridgehead atoms. The van der Waals surface area contributed by atoms with Gasteiger partial charge in [-0.2, -0.15) is 0 Å². The number of nitrogens with one attached hydrogen (secondary N) is 1. The molecule has 0 aliphatic rings. The van der Waals surface area contributed by atoms with Crippen LogP contribution < -0.4 is 10.1 Å². The van der Waals surface area contributed by atoms with Crippen molar-refractivity contribution in [2.75, 3.05) is 13.7 Å². The van der Waals surface area contributed by atoms with Gasteiger partial charge in [0.15, 0.2) is 0 Å². The van der Waals surface area contributed by atoms with E-state index < -0.39 is 0 Å². The highest BCUT2D eigenvalue weighted by molar-refractivity contribution is 6.35. The van der Waals surface area contributed by atoms with Crippen molar-refractivity contribution in [3.63, 3.8) is 0 Å². The normalized spacial score (nSPS) is 10.2. The molecular weight excluding hydrogens is 309 g/mol. The molecule has 2 rings (SSSR count). The van der Waals surface area contributed by atoms with Crippen LogP contribution in [0.5, 0.6) is 5.75 Å². The fraction of sp³-hybridized carbons (Fsp3) is 0.188. The first-order valence-corrected chi connectivity index (χ1v) is 7.22. The quantitative estimate of drug-likeness (QED) is 0.904. The van der Waals surface area contributed by atoms with Crippen LogP contribution in [0.25, 0.3) is 0 Å². The third kappa shape index (κ3) is 4.38. The van der Waals surface area contributed by atoms with E-state index in [2.05, 4.69) is 5.32 Å². The first kappa shape index (κ1) is 15.7. The lowest BCUT2D eigenvalue weighted by molar-refractivity contribution is 0.0954. The van der Waals surface area contributed by atoms with Gasteiger partial charge in [-0.3, -0.25) is 4.79 Å². The number of benzene rings is 2. The minimum Gasteiger partial charge on any atom is -0.497 e. The maximum Gasteiger partial charge on any atom is 0.252 e. The highest BCUT2D eigenvalue weighted by atomic mass is 35.5. The molecule has 0 radical (unpaired) electrons. The Morgan fingerprint density at radius 3 is 2.52 bits per heavy atom. The van der Waals surface area contributed by atoms with Gasteiger partial charge in [0.05, 0.1) is 17.7 Å². The summed E-state index contributed by atoms with van der Waals surface area (Å²) in [6.07, 6.45) is 0.730. The zero-order valence-electron chi connectivity index (χ0n) is 11.5. The molecule has 0 unspecified atom stereocenters. The summed E-state index contributed by atoms with van der Waals surface area (Å²) in [4.78, 5) is 12.0. The van der Waals surface area contributed by atoms with E-state index in [1.54, 1.807) is 25.3 Å². The smallest absolute Gasteiger partial charge is 0.252 e. The van der Waals surface area contributed by atoms with E-state index in [1.165, 1.54) is 0 Å². The van der Waals surface area contributed by atoms with Gasteiger partial charge in [-0.05, 0) is 42.3 Å². The van der Waals surface area contributed by atoms with E-state index in [0.717, 1.165) is 17.7 Å². The van der Waals surface area contributed by atoms with Crippen molar-refractivity contribution in [2.45, 2.75) is 6.42 Å². The monoisotopic (exact) mass is 323 g/mol. The maximum atomic E-state index is 12.0. The van der Waals surface area contributed by atoms with Crippen molar-refractivity contribution >= 4 is 29.1 Å². The van der Waals surface area contributed by atoms with Gasteiger partial charge in [-0.1, -0.05) is 35.3 Å². The highest BCUT2D eigenvalue weighted by Crippen LogP contribution is 2.20. The van der Waals surface area contributed by atoms with Gasteiger partial charge in [0.2, 0.25) is 0 Å². The number of halogens is 2. The predicted octanol–water partition coefficient (Wildman–Crippen LogP) is 3.97. The standard InChI is InChI=1S/C16H15Cl2NO2/c1-21-13-5-2-11(3-6-13)8-9-19-16(20)14-10-12(17)4-7-15(14)18/h2-7,10H,8-9H2,1H3,(H,19,20). The van der Waals surface area contributed by atoms with E-state index in [-0.39, 0.29) is 5.91 Å². The molecule has 0 spiro atoms. The summed E-state index contributed by atoms with van der Waals surface area (Å²) in [5.41, 5.74) is 1.51. The molecule has 0 aliphatic carbocycles. The molecule has 110 valence electrons. The second-order valence-electron chi connectivity index (χ2n) is 4.48. The molecule has 0 atom stereocenters. The van der Waals surface area contributed by atoms with Crippen molar-refractivity contribution in [3.05, 3.63) is 63.6 Å². The summed E-state index contributed by atoms with van der Waals surface area (Å²) >= 11 is 11.9. The number of carbonyl (C=O) groups is 1. The zero-order valence-corrected chi connectivity index (χ0v) is 13.0. The van der Waals surface area contributed by atoms with E-state index in [0.29, 0.717) is 22.2 Å². The third-order valence-corrected chi connectivity index (χ3v) is 3.60. The summed E-state index contributed by atoms with van der Waals surface area (Å²) in [6.45, 7) is 0.522. The van der Waals surface area contributed by atoms with Crippen molar-refractivity contribution in [1.82, 2.24) is 5.32 Å². The lowest BCUT2D eigenvalue weighted by Gasteiger charge is -2.08. The van der Waals surface area contributed by atoms with Crippen molar-refractivity contribution in [3.8, 4) is 5.75 Å². The van der Waals surface area contributed by atoms with Gasteiger partial charge in [0, 0.05) is 11.6 Å². The van der Waals surface area contributed by atoms with E-state index >= 15 is 0 Å². The van der Waals surface area contributed by atoms with Gasteiger partial charge in [0.25, 0.3) is 5.91 Å². The van der Waals surface area contributed by atoms with Crippen LogP contribution in [-0.4, -0.2) is 19.6 Å². The number of ether oxygens (including phenoxy) is 1. The number of carbonyl (C=O) groups excluding carboxylic acids is 1. The third-order valence-electron chi connectivity index (χ3n) is 3.03. The number of amides is 1. The SMILES string of the molecule is COc1ccc(CCNC(=O)c2cc(Cl)ccc2Cl)cc1. The molecule has 0 aliphatic heterocycles. The summed E-state index contributed by atoms with van der Waals surface area (Å²) in [5.74, 6) is 0.588. The molecule has 0 aromatic heterocycles. The van der Waals surface area contributed by atoms with Crippen LogP contribution in [0.2, 0.25) is 10.0 Å². The van der Waals surface area contributed by atoms with E-state index in [4.69, 9.17) is 27.9 Å². The molecule has 0 fully saturated rings. The molecule has 2 aromatic carbocycles. The second kappa shape index (κ2) is 7.34. The number of methoxy groups -OCH3 is 1. The topological polar surface area (TPSA) is 38.3 Å². The molecule has 5 heteroatoms. The van der Waals surface area contributed by atoms with Gasteiger partial charge in [-0.15, -0.1) is 0 Å².